The number of thioether (sulfide) groups is 1. The first-order valence-electron chi connectivity index (χ1n) is 6.54. The van der Waals surface area contributed by atoms with E-state index in [1.807, 2.05) is 0 Å². The molecule has 0 radical (unpaired) electrons. The number of anilines is 1. The lowest BCUT2D eigenvalue weighted by atomic mass is 10.1. The second kappa shape index (κ2) is 8.46. The van der Waals surface area contributed by atoms with Crippen LogP contribution in [0.3, 0.4) is 0 Å². The van der Waals surface area contributed by atoms with Gasteiger partial charge in [-0.25, -0.2) is 0 Å². The van der Waals surface area contributed by atoms with Crippen molar-refractivity contribution in [3.05, 3.63) is 29.8 Å². The molecule has 0 heterocycles. The summed E-state index contributed by atoms with van der Waals surface area (Å²) in [6.45, 7) is 3.25. The Morgan fingerprint density at radius 3 is 2.67 bits per heavy atom. The van der Waals surface area contributed by atoms with Gasteiger partial charge < -0.3 is 10.1 Å². The van der Waals surface area contributed by atoms with E-state index in [1.165, 1.54) is 25.8 Å². The van der Waals surface area contributed by atoms with Gasteiger partial charge in [0, 0.05) is 17.0 Å². The van der Waals surface area contributed by atoms with Gasteiger partial charge in [0.1, 0.15) is 0 Å². The van der Waals surface area contributed by atoms with E-state index in [1.54, 1.807) is 31.2 Å². The van der Waals surface area contributed by atoms with Crippen molar-refractivity contribution in [2.45, 2.75) is 25.5 Å². The number of rotatable bonds is 7. The molecule has 0 aliphatic rings. The third-order valence-electron chi connectivity index (χ3n) is 2.81. The van der Waals surface area contributed by atoms with E-state index in [0.717, 1.165) is 0 Å². The molecular formula is C15H19NO4S. The van der Waals surface area contributed by atoms with Crippen molar-refractivity contribution in [3.63, 3.8) is 0 Å². The number of hydrogen-bond acceptors (Lipinski definition) is 5. The number of Topliss-reactive ketones (excluding diaryl/α,β-unsaturated/α-hetero) is 1. The van der Waals surface area contributed by atoms with Crippen LogP contribution in [0.25, 0.3) is 0 Å². The highest BCUT2D eigenvalue weighted by Crippen LogP contribution is 2.16. The molecule has 1 aromatic rings. The summed E-state index contributed by atoms with van der Waals surface area (Å²) < 4.78 is 4.54. The maximum absolute atomic E-state index is 12.0. The van der Waals surface area contributed by atoms with E-state index in [9.17, 15) is 14.4 Å². The fourth-order valence-corrected chi connectivity index (χ4v) is 2.40. The minimum absolute atomic E-state index is 0.0494. The van der Waals surface area contributed by atoms with Gasteiger partial charge >= 0.3 is 5.97 Å². The highest BCUT2D eigenvalue weighted by Gasteiger charge is 2.14. The molecule has 114 valence electrons. The minimum Gasteiger partial charge on any atom is -0.469 e. The molecule has 1 aromatic carbocycles. The molecule has 0 fully saturated rings. The average molecular weight is 309 g/mol. The molecule has 1 N–H and O–H groups in total. The fraction of sp³-hybridized carbons (Fsp3) is 0.400. The largest absolute Gasteiger partial charge is 0.469 e. The van der Waals surface area contributed by atoms with Crippen LogP contribution in [0.1, 0.15) is 30.6 Å². The predicted molar refractivity (Wildman–Crippen MR) is 83.6 cm³/mol. The SMILES string of the molecule is COC(=O)CCS[C@H](C)C(=O)Nc1cccc(C(C)=O)c1. The number of hydrogen-bond donors (Lipinski definition) is 1. The van der Waals surface area contributed by atoms with Crippen LogP contribution in [-0.4, -0.2) is 35.8 Å². The Morgan fingerprint density at radius 2 is 2.05 bits per heavy atom. The third-order valence-corrected chi connectivity index (χ3v) is 3.96. The van der Waals surface area contributed by atoms with E-state index in [4.69, 9.17) is 0 Å². The van der Waals surface area contributed by atoms with Crippen molar-refractivity contribution in [1.82, 2.24) is 0 Å². The van der Waals surface area contributed by atoms with Crippen molar-refractivity contribution in [2.24, 2.45) is 0 Å². The molecule has 1 amide bonds. The number of nitrogens with one attached hydrogen (secondary N) is 1. The summed E-state index contributed by atoms with van der Waals surface area (Å²) in [5.74, 6) is 0.0239. The van der Waals surface area contributed by atoms with Crippen LogP contribution in [-0.2, 0) is 14.3 Å². The molecule has 5 nitrogen and oxygen atoms in total. The molecule has 0 unspecified atom stereocenters. The Hall–Kier alpha value is -1.82. The lowest BCUT2D eigenvalue weighted by Gasteiger charge is -2.12. The van der Waals surface area contributed by atoms with Crippen molar-refractivity contribution < 1.29 is 19.1 Å². The van der Waals surface area contributed by atoms with Gasteiger partial charge in [0.2, 0.25) is 5.91 Å². The normalized spacial score (nSPS) is 11.6. The van der Waals surface area contributed by atoms with Crippen LogP contribution in [0, 0.1) is 0 Å². The molecule has 0 aliphatic heterocycles. The van der Waals surface area contributed by atoms with E-state index in [0.29, 0.717) is 17.0 Å². The number of carbonyl (C=O) groups excluding carboxylic acids is 3. The Kier molecular flexibility index (Phi) is 6.94. The number of amides is 1. The van der Waals surface area contributed by atoms with Crippen LogP contribution in [0.2, 0.25) is 0 Å². The Labute approximate surface area is 128 Å². The van der Waals surface area contributed by atoms with Gasteiger partial charge in [-0.1, -0.05) is 12.1 Å². The first-order valence-corrected chi connectivity index (χ1v) is 7.59. The molecule has 0 bridgehead atoms. The van der Waals surface area contributed by atoms with Crippen LogP contribution >= 0.6 is 11.8 Å². The smallest absolute Gasteiger partial charge is 0.306 e. The summed E-state index contributed by atoms with van der Waals surface area (Å²) in [4.78, 5) is 34.3. The molecule has 0 saturated carbocycles. The summed E-state index contributed by atoms with van der Waals surface area (Å²) in [5, 5.41) is 2.47. The molecule has 6 heteroatoms. The third kappa shape index (κ3) is 5.99. The highest BCUT2D eigenvalue weighted by atomic mass is 32.2. The number of ether oxygens (including phenoxy) is 1. The van der Waals surface area contributed by atoms with Crippen LogP contribution in [0.4, 0.5) is 5.69 Å². The molecule has 0 spiro atoms. The summed E-state index contributed by atoms with van der Waals surface area (Å²) in [7, 11) is 1.34. The topological polar surface area (TPSA) is 72.5 Å². The van der Waals surface area contributed by atoms with E-state index < -0.39 is 0 Å². The molecule has 1 atom stereocenters. The summed E-state index contributed by atoms with van der Waals surface area (Å²) in [5.41, 5.74) is 1.15. The van der Waals surface area contributed by atoms with Crippen LogP contribution in [0.15, 0.2) is 24.3 Å². The zero-order chi connectivity index (χ0) is 15.8. The first-order chi connectivity index (χ1) is 9.93. The van der Waals surface area contributed by atoms with Crippen molar-refractivity contribution in [1.29, 1.82) is 0 Å². The zero-order valence-corrected chi connectivity index (χ0v) is 13.2. The number of benzene rings is 1. The second-order valence-electron chi connectivity index (χ2n) is 4.47. The van der Waals surface area contributed by atoms with Crippen molar-refractivity contribution >= 4 is 35.1 Å². The van der Waals surface area contributed by atoms with Gasteiger partial charge in [-0.05, 0) is 26.0 Å². The first kappa shape index (κ1) is 17.2. The van der Waals surface area contributed by atoms with Gasteiger partial charge in [-0.3, -0.25) is 14.4 Å². The number of methoxy groups -OCH3 is 1. The van der Waals surface area contributed by atoms with Gasteiger partial charge in [-0.15, -0.1) is 11.8 Å². The average Bonchev–Trinajstić information content (AvgIpc) is 2.47. The number of esters is 1. The minimum atomic E-state index is -0.296. The molecule has 1 rings (SSSR count). The molecular weight excluding hydrogens is 290 g/mol. The van der Waals surface area contributed by atoms with E-state index in [-0.39, 0.29) is 29.3 Å². The molecule has 0 saturated heterocycles. The summed E-state index contributed by atoms with van der Waals surface area (Å²) in [6.07, 6.45) is 0.276. The molecule has 21 heavy (non-hydrogen) atoms. The monoisotopic (exact) mass is 309 g/mol. The van der Waals surface area contributed by atoms with Gasteiger partial charge in [0.15, 0.2) is 5.78 Å². The highest BCUT2D eigenvalue weighted by molar-refractivity contribution is 8.00. The Balaban J connectivity index is 2.50. The molecule has 0 aromatic heterocycles. The standard InChI is InChI=1S/C15H19NO4S/c1-10(17)12-5-4-6-13(9-12)16-15(19)11(2)21-8-7-14(18)20-3/h4-6,9,11H,7-8H2,1-3H3,(H,16,19)/t11-/m1/s1. The lowest BCUT2D eigenvalue weighted by molar-refractivity contribution is -0.140. The van der Waals surface area contributed by atoms with Crippen molar-refractivity contribution in [2.75, 3.05) is 18.2 Å². The van der Waals surface area contributed by atoms with Crippen LogP contribution < -0.4 is 5.32 Å². The van der Waals surface area contributed by atoms with Crippen LogP contribution in [0.5, 0.6) is 0 Å². The van der Waals surface area contributed by atoms with E-state index >= 15 is 0 Å². The Bertz CT molecular complexity index is 530. The van der Waals surface area contributed by atoms with Crippen molar-refractivity contribution in [3.8, 4) is 0 Å². The molecule has 0 aliphatic carbocycles. The predicted octanol–water partition coefficient (Wildman–Crippen LogP) is 2.51. The number of carbonyl (C=O) groups is 3. The quantitative estimate of drug-likeness (QED) is 0.619. The zero-order valence-electron chi connectivity index (χ0n) is 12.3. The fourth-order valence-electron chi connectivity index (χ4n) is 1.56. The summed E-state index contributed by atoms with van der Waals surface area (Å²) >= 11 is 1.38. The Morgan fingerprint density at radius 1 is 1.33 bits per heavy atom. The van der Waals surface area contributed by atoms with Gasteiger partial charge in [0.25, 0.3) is 0 Å². The van der Waals surface area contributed by atoms with E-state index in [2.05, 4.69) is 10.1 Å². The van der Waals surface area contributed by atoms with Gasteiger partial charge in [0.05, 0.1) is 18.8 Å². The lowest BCUT2D eigenvalue weighted by Crippen LogP contribution is -2.23. The maximum Gasteiger partial charge on any atom is 0.306 e. The second-order valence-corrected chi connectivity index (χ2v) is 5.91. The maximum atomic E-state index is 12.0. The summed E-state index contributed by atoms with van der Waals surface area (Å²) in [6, 6.07) is 6.80. The van der Waals surface area contributed by atoms with Gasteiger partial charge in [-0.2, -0.15) is 0 Å². The number of ketones is 1.